The van der Waals surface area contributed by atoms with Crippen LogP contribution in [0.3, 0.4) is 0 Å². The number of hydrogen-bond acceptors (Lipinski definition) is 10. The zero-order valence-corrected chi connectivity index (χ0v) is 24.7. The lowest BCUT2D eigenvalue weighted by molar-refractivity contribution is -0.141. The van der Waals surface area contributed by atoms with Crippen LogP contribution in [0.15, 0.2) is 52.1 Å². The smallest absolute Gasteiger partial charge is 0.255 e. The van der Waals surface area contributed by atoms with Crippen molar-refractivity contribution in [3.05, 3.63) is 74.4 Å². The number of Topliss-reactive ketones (excluding diaryl/α,β-unsaturated/α-hetero) is 2. The Kier molecular flexibility index (Phi) is 7.61. The highest BCUT2D eigenvalue weighted by atomic mass is 32.1. The van der Waals surface area contributed by atoms with Crippen molar-refractivity contribution in [1.29, 1.82) is 0 Å². The van der Waals surface area contributed by atoms with Crippen molar-refractivity contribution in [1.82, 2.24) is 10.2 Å². The number of aliphatic hydroxyl groups excluding tert-OH is 1. The second kappa shape index (κ2) is 10.7. The van der Waals surface area contributed by atoms with Crippen molar-refractivity contribution in [3.63, 3.8) is 0 Å². The number of fused-ring (bicyclic) bond motifs is 3. The molecule has 1 amide bonds. The van der Waals surface area contributed by atoms with Gasteiger partial charge in [-0.1, -0.05) is 18.2 Å². The van der Waals surface area contributed by atoms with Crippen molar-refractivity contribution in [3.8, 4) is 16.9 Å². The summed E-state index contributed by atoms with van der Waals surface area (Å²) in [7, 11) is 4.03. The molecule has 11 heteroatoms. The van der Waals surface area contributed by atoms with E-state index in [9.17, 15) is 29.7 Å². The number of primary amides is 1. The topological polar surface area (TPSA) is 179 Å². The second-order valence-electron chi connectivity index (χ2n) is 11.9. The molecule has 3 aliphatic carbocycles. The number of aromatic hydroxyl groups is 1. The summed E-state index contributed by atoms with van der Waals surface area (Å²) in [4.78, 5) is 41.2. The third-order valence-corrected chi connectivity index (χ3v) is 9.35. The minimum Gasteiger partial charge on any atom is -0.511 e. The molecule has 0 aliphatic heterocycles. The van der Waals surface area contributed by atoms with Crippen LogP contribution in [-0.2, 0) is 22.6 Å². The number of aliphatic hydroxyl groups is 2. The average molecular weight is 593 g/mol. The standard InChI is InChI=1S/C31H36N4O6S/c1-15-4-5-16(14-34-8-9-35(2)3)10-19(15)18-6-7-21(36)24-20(18)11-17-12-30(33)13-22(37)25(29(32)40)27(39)31(30,41)28(42)23(17)26(24)38/h4-7,10,17,34,36-37,41-42H,8-9,11-14,33H2,1-3H3,(H2,32,40)/t17-,30+,31+/m0/s1. The molecule has 0 unspecified atom stereocenters. The van der Waals surface area contributed by atoms with Gasteiger partial charge in [0.1, 0.15) is 17.1 Å². The summed E-state index contributed by atoms with van der Waals surface area (Å²) in [6.45, 7) is 4.36. The van der Waals surface area contributed by atoms with Gasteiger partial charge in [0.05, 0.1) is 11.1 Å². The number of benzene rings is 2. The predicted octanol–water partition coefficient (Wildman–Crippen LogP) is 1.66. The fourth-order valence-electron chi connectivity index (χ4n) is 6.61. The molecule has 3 aliphatic rings. The van der Waals surface area contributed by atoms with E-state index < -0.39 is 52.3 Å². The molecule has 0 saturated carbocycles. The lowest BCUT2D eigenvalue weighted by Gasteiger charge is -2.52. The van der Waals surface area contributed by atoms with E-state index >= 15 is 0 Å². The highest BCUT2D eigenvalue weighted by Gasteiger charge is 2.65. The van der Waals surface area contributed by atoms with Crippen LogP contribution < -0.4 is 16.8 Å². The first-order valence-corrected chi connectivity index (χ1v) is 14.2. The monoisotopic (exact) mass is 592 g/mol. The van der Waals surface area contributed by atoms with Crippen LogP contribution >= 0.6 is 12.6 Å². The van der Waals surface area contributed by atoms with Gasteiger partial charge in [-0.25, -0.2) is 0 Å². The number of phenols is 1. The first-order chi connectivity index (χ1) is 19.7. The molecule has 0 aromatic heterocycles. The van der Waals surface area contributed by atoms with Crippen LogP contribution in [0.25, 0.3) is 11.1 Å². The Labute approximate surface area is 249 Å². The predicted molar refractivity (Wildman–Crippen MR) is 161 cm³/mol. The lowest BCUT2D eigenvalue weighted by atomic mass is 9.57. The highest BCUT2D eigenvalue weighted by molar-refractivity contribution is 7.84. The number of ketones is 2. The van der Waals surface area contributed by atoms with E-state index in [0.29, 0.717) is 12.1 Å². The third-order valence-electron chi connectivity index (χ3n) is 8.78. The first kappa shape index (κ1) is 30.0. The van der Waals surface area contributed by atoms with Gasteiger partial charge >= 0.3 is 0 Å². The molecule has 2 aromatic carbocycles. The summed E-state index contributed by atoms with van der Waals surface area (Å²) in [5.41, 5.74) is 11.4. The number of carbonyl (C=O) groups is 3. The van der Waals surface area contributed by atoms with E-state index in [4.69, 9.17) is 11.5 Å². The number of aryl methyl sites for hydroxylation is 1. The van der Waals surface area contributed by atoms with Gasteiger partial charge in [0, 0.05) is 36.5 Å². The largest absolute Gasteiger partial charge is 0.511 e. The molecule has 0 radical (unpaired) electrons. The molecule has 0 saturated heterocycles. The molecule has 10 nitrogen and oxygen atoms in total. The highest BCUT2D eigenvalue weighted by Crippen LogP contribution is 2.54. The molecular formula is C31H36N4O6S. The molecular weight excluding hydrogens is 556 g/mol. The van der Waals surface area contributed by atoms with E-state index in [1.165, 1.54) is 6.07 Å². The number of thiol groups is 1. The number of phenolic OH excluding ortho intramolecular Hbond substituents is 1. The molecule has 3 atom stereocenters. The average Bonchev–Trinajstić information content (AvgIpc) is 2.89. The molecule has 0 bridgehead atoms. The van der Waals surface area contributed by atoms with E-state index in [1.807, 2.05) is 33.2 Å². The quantitative estimate of drug-likeness (QED) is 0.143. The van der Waals surface area contributed by atoms with Gasteiger partial charge in [0.2, 0.25) is 5.78 Å². The van der Waals surface area contributed by atoms with Crippen LogP contribution in [0, 0.1) is 12.8 Å². The van der Waals surface area contributed by atoms with Crippen LogP contribution in [0.1, 0.15) is 39.9 Å². The number of amides is 1. The van der Waals surface area contributed by atoms with Crippen molar-refractivity contribution < 1.29 is 29.7 Å². The zero-order chi connectivity index (χ0) is 30.7. The van der Waals surface area contributed by atoms with Gasteiger partial charge in [0.15, 0.2) is 11.4 Å². The Morgan fingerprint density at radius 2 is 1.88 bits per heavy atom. The maximum absolute atomic E-state index is 14.1. The summed E-state index contributed by atoms with van der Waals surface area (Å²) in [6, 6.07) is 9.40. The second-order valence-corrected chi connectivity index (χ2v) is 12.3. The van der Waals surface area contributed by atoms with Gasteiger partial charge in [0.25, 0.3) is 5.91 Å². The Morgan fingerprint density at radius 3 is 2.55 bits per heavy atom. The summed E-state index contributed by atoms with van der Waals surface area (Å²) in [5.74, 6) is -4.39. The van der Waals surface area contributed by atoms with Crippen LogP contribution in [-0.4, -0.2) is 76.0 Å². The fraction of sp³-hybridized carbons (Fsp3) is 0.387. The fourth-order valence-corrected chi connectivity index (χ4v) is 7.21. The van der Waals surface area contributed by atoms with Gasteiger partial charge in [-0.15, -0.1) is 12.6 Å². The molecule has 222 valence electrons. The minimum atomic E-state index is -2.55. The summed E-state index contributed by atoms with van der Waals surface area (Å²) < 4.78 is 0. The van der Waals surface area contributed by atoms with Crippen LogP contribution in [0.2, 0.25) is 0 Å². The van der Waals surface area contributed by atoms with Crippen molar-refractivity contribution in [2.24, 2.45) is 17.4 Å². The molecule has 5 rings (SSSR count). The van der Waals surface area contributed by atoms with Gasteiger partial charge < -0.3 is 37.0 Å². The Morgan fingerprint density at radius 1 is 1.17 bits per heavy atom. The number of nitrogens with zero attached hydrogens (tertiary/aromatic N) is 1. The SMILES string of the molecule is Cc1ccc(CNCCN(C)C)cc1-c1ccc(O)c2c1C[C@H]1C[C@@]3(N)CC(O)=C(C(N)=O)C(=O)[C@@]3(O)C(S)=C1C2=O. The van der Waals surface area contributed by atoms with E-state index in [-0.39, 0.29) is 34.6 Å². The van der Waals surface area contributed by atoms with Crippen molar-refractivity contribution >= 4 is 30.1 Å². The summed E-state index contributed by atoms with van der Waals surface area (Å²) >= 11 is 4.47. The maximum Gasteiger partial charge on any atom is 0.255 e. The van der Waals surface area contributed by atoms with E-state index in [2.05, 4.69) is 28.9 Å². The lowest BCUT2D eigenvalue weighted by Crippen LogP contribution is -2.71. The Bertz CT molecular complexity index is 1600. The van der Waals surface area contributed by atoms with Gasteiger partial charge in [-0.3, -0.25) is 14.4 Å². The van der Waals surface area contributed by atoms with E-state index in [0.717, 1.165) is 35.3 Å². The number of hydrogen-bond donors (Lipinski definition) is 7. The normalized spacial score (nSPS) is 25.5. The van der Waals surface area contributed by atoms with Crippen molar-refractivity contribution in [2.45, 2.75) is 43.9 Å². The van der Waals surface area contributed by atoms with Crippen LogP contribution in [0.5, 0.6) is 5.75 Å². The van der Waals surface area contributed by atoms with Crippen molar-refractivity contribution in [2.75, 3.05) is 27.2 Å². The minimum absolute atomic E-state index is 0.0518. The number of likely N-dealkylation sites (N-methyl/N-ethyl adjacent to an activating group) is 1. The third kappa shape index (κ3) is 4.56. The number of rotatable bonds is 7. The molecule has 0 spiro atoms. The summed E-state index contributed by atoms with van der Waals surface area (Å²) in [5, 5.41) is 36.6. The number of nitrogens with one attached hydrogen (secondary N) is 1. The molecule has 42 heavy (non-hydrogen) atoms. The number of carbonyl (C=O) groups excluding carboxylic acids is 3. The molecule has 8 N–H and O–H groups in total. The first-order valence-electron chi connectivity index (χ1n) is 13.8. The molecule has 0 heterocycles. The number of nitrogens with two attached hydrogens (primary N) is 2. The van der Waals surface area contributed by atoms with E-state index in [1.54, 1.807) is 6.07 Å². The molecule has 0 fully saturated rings. The maximum atomic E-state index is 14.1. The molecule has 2 aromatic rings. The van der Waals surface area contributed by atoms with Gasteiger partial charge in [-0.2, -0.15) is 0 Å². The summed E-state index contributed by atoms with van der Waals surface area (Å²) in [6.07, 6.45) is -0.192. The Hall–Kier alpha value is -3.48. The van der Waals surface area contributed by atoms with Gasteiger partial charge in [-0.05, 0) is 79.7 Å². The number of allylic oxidation sites excluding steroid dienone is 1. The zero-order valence-electron chi connectivity index (χ0n) is 23.8. The Balaban J connectivity index is 1.60. The van der Waals surface area contributed by atoms with Crippen LogP contribution in [0.4, 0.5) is 0 Å².